The van der Waals surface area contributed by atoms with Crippen LogP contribution in [0.3, 0.4) is 0 Å². The van der Waals surface area contributed by atoms with Crippen molar-refractivity contribution in [3.63, 3.8) is 0 Å². The molecule has 2 aromatic carbocycles. The maximum absolute atomic E-state index is 13.8. The SMILES string of the molecule is CC(=O)Nc1cc(Oc2cccc(CCNC(=O)c3cc(C(F)(F)F)ccc3F)c2)ccn1. The molecule has 0 aliphatic rings. The van der Waals surface area contributed by atoms with E-state index in [4.69, 9.17) is 4.74 Å². The lowest BCUT2D eigenvalue weighted by Gasteiger charge is -2.11. The van der Waals surface area contributed by atoms with Gasteiger partial charge in [0, 0.05) is 25.7 Å². The zero-order valence-corrected chi connectivity index (χ0v) is 17.4. The van der Waals surface area contributed by atoms with Gasteiger partial charge in [-0.2, -0.15) is 13.2 Å². The van der Waals surface area contributed by atoms with Crippen LogP contribution < -0.4 is 15.4 Å². The van der Waals surface area contributed by atoms with Crippen LogP contribution in [0.1, 0.15) is 28.4 Å². The second kappa shape index (κ2) is 10.1. The molecule has 3 aromatic rings. The largest absolute Gasteiger partial charge is 0.457 e. The smallest absolute Gasteiger partial charge is 0.416 e. The Labute approximate surface area is 186 Å². The minimum Gasteiger partial charge on any atom is -0.457 e. The van der Waals surface area contributed by atoms with Crippen LogP contribution in [0.2, 0.25) is 0 Å². The van der Waals surface area contributed by atoms with E-state index in [1.54, 1.807) is 36.4 Å². The molecule has 10 heteroatoms. The van der Waals surface area contributed by atoms with E-state index in [0.29, 0.717) is 41.9 Å². The number of carbonyl (C=O) groups is 2. The van der Waals surface area contributed by atoms with E-state index in [1.807, 2.05) is 0 Å². The first kappa shape index (κ1) is 23.7. The summed E-state index contributed by atoms with van der Waals surface area (Å²) in [6.07, 6.45) is -2.87. The lowest BCUT2D eigenvalue weighted by atomic mass is 10.1. The van der Waals surface area contributed by atoms with Gasteiger partial charge in [-0.1, -0.05) is 12.1 Å². The molecule has 1 heterocycles. The summed E-state index contributed by atoms with van der Waals surface area (Å²) in [5, 5.41) is 4.98. The Hall–Kier alpha value is -3.95. The van der Waals surface area contributed by atoms with Gasteiger partial charge in [0.05, 0.1) is 11.1 Å². The van der Waals surface area contributed by atoms with Gasteiger partial charge in [0.1, 0.15) is 23.1 Å². The van der Waals surface area contributed by atoms with E-state index in [-0.39, 0.29) is 12.5 Å². The van der Waals surface area contributed by atoms with Crippen molar-refractivity contribution in [3.8, 4) is 11.5 Å². The number of carbonyl (C=O) groups excluding carboxylic acids is 2. The van der Waals surface area contributed by atoms with E-state index in [2.05, 4.69) is 15.6 Å². The third-order valence-electron chi connectivity index (χ3n) is 4.41. The zero-order chi connectivity index (χ0) is 24.0. The van der Waals surface area contributed by atoms with E-state index >= 15 is 0 Å². The summed E-state index contributed by atoms with van der Waals surface area (Å²) in [4.78, 5) is 27.3. The van der Waals surface area contributed by atoms with Crippen molar-refractivity contribution in [2.24, 2.45) is 0 Å². The second-order valence-electron chi connectivity index (χ2n) is 7.01. The summed E-state index contributed by atoms with van der Waals surface area (Å²) >= 11 is 0. The lowest BCUT2D eigenvalue weighted by Crippen LogP contribution is -2.27. The Morgan fingerprint density at radius 3 is 2.52 bits per heavy atom. The summed E-state index contributed by atoms with van der Waals surface area (Å²) in [6.45, 7) is 1.43. The monoisotopic (exact) mass is 461 g/mol. The molecule has 0 fully saturated rings. The quantitative estimate of drug-likeness (QED) is 0.488. The number of nitrogens with one attached hydrogen (secondary N) is 2. The van der Waals surface area contributed by atoms with Crippen LogP contribution in [0.4, 0.5) is 23.4 Å². The van der Waals surface area contributed by atoms with Crippen LogP contribution in [-0.2, 0) is 17.4 Å². The second-order valence-corrected chi connectivity index (χ2v) is 7.01. The molecule has 0 unspecified atom stereocenters. The van der Waals surface area contributed by atoms with Gasteiger partial charge in [0.15, 0.2) is 0 Å². The third-order valence-corrected chi connectivity index (χ3v) is 4.41. The fourth-order valence-corrected chi connectivity index (χ4v) is 2.92. The molecule has 0 spiro atoms. The molecule has 3 rings (SSSR count). The van der Waals surface area contributed by atoms with Crippen LogP contribution in [0, 0.1) is 5.82 Å². The number of pyridine rings is 1. The number of amides is 2. The number of alkyl halides is 3. The van der Waals surface area contributed by atoms with Gasteiger partial charge in [-0.05, 0) is 48.4 Å². The molecule has 33 heavy (non-hydrogen) atoms. The molecular formula is C23H19F4N3O3. The average Bonchev–Trinajstić information content (AvgIpc) is 2.73. The van der Waals surface area contributed by atoms with Crippen LogP contribution in [0.25, 0.3) is 0 Å². The van der Waals surface area contributed by atoms with Crippen molar-refractivity contribution < 1.29 is 31.9 Å². The van der Waals surface area contributed by atoms with Gasteiger partial charge >= 0.3 is 6.18 Å². The number of anilines is 1. The number of hydrogen-bond donors (Lipinski definition) is 2. The highest BCUT2D eigenvalue weighted by molar-refractivity contribution is 5.94. The zero-order valence-electron chi connectivity index (χ0n) is 17.4. The first-order chi connectivity index (χ1) is 15.6. The standard InChI is InChI=1S/C23H19F4N3O3/c1-14(31)30-21-13-18(8-10-28-21)33-17-4-2-3-15(11-17)7-9-29-22(32)19-12-16(23(25,26)27)5-6-20(19)24/h2-6,8,10-13H,7,9H2,1H3,(H,29,32)(H,28,30,31). The number of benzene rings is 2. The highest BCUT2D eigenvalue weighted by atomic mass is 19.4. The predicted octanol–water partition coefficient (Wildman–Crippen LogP) is 4.96. The summed E-state index contributed by atoms with van der Waals surface area (Å²) in [6, 6.07) is 11.8. The number of rotatable bonds is 7. The summed E-state index contributed by atoms with van der Waals surface area (Å²) < 4.78 is 58.1. The van der Waals surface area contributed by atoms with Crippen LogP contribution in [0.5, 0.6) is 11.5 Å². The third kappa shape index (κ3) is 6.76. The number of nitrogens with zero attached hydrogens (tertiary/aromatic N) is 1. The normalized spacial score (nSPS) is 11.1. The van der Waals surface area contributed by atoms with E-state index in [0.717, 1.165) is 5.56 Å². The number of hydrogen-bond acceptors (Lipinski definition) is 4. The summed E-state index contributed by atoms with van der Waals surface area (Å²) in [5.74, 6) is -0.975. The molecule has 1 aromatic heterocycles. The van der Waals surface area contributed by atoms with Crippen LogP contribution in [0.15, 0.2) is 60.8 Å². The van der Waals surface area contributed by atoms with Crippen molar-refractivity contribution in [2.45, 2.75) is 19.5 Å². The lowest BCUT2D eigenvalue weighted by molar-refractivity contribution is -0.137. The molecule has 2 amide bonds. The Balaban J connectivity index is 1.61. The fraction of sp³-hybridized carbons (Fsp3) is 0.174. The number of ether oxygens (including phenoxy) is 1. The molecule has 0 atom stereocenters. The number of halogens is 4. The van der Waals surface area contributed by atoms with Crippen molar-refractivity contribution in [2.75, 3.05) is 11.9 Å². The molecule has 0 saturated heterocycles. The Bertz CT molecular complexity index is 1170. The maximum atomic E-state index is 13.8. The molecule has 2 N–H and O–H groups in total. The topological polar surface area (TPSA) is 80.3 Å². The summed E-state index contributed by atoms with van der Waals surface area (Å²) in [7, 11) is 0. The highest BCUT2D eigenvalue weighted by Gasteiger charge is 2.31. The molecule has 172 valence electrons. The highest BCUT2D eigenvalue weighted by Crippen LogP contribution is 2.30. The molecule has 0 aliphatic heterocycles. The average molecular weight is 461 g/mol. The Morgan fingerprint density at radius 2 is 1.79 bits per heavy atom. The minimum atomic E-state index is -4.68. The van der Waals surface area contributed by atoms with Gasteiger partial charge in [0.2, 0.25) is 5.91 Å². The molecule has 0 saturated carbocycles. The maximum Gasteiger partial charge on any atom is 0.416 e. The van der Waals surface area contributed by atoms with E-state index in [1.165, 1.54) is 13.1 Å². The van der Waals surface area contributed by atoms with Gasteiger partial charge in [-0.15, -0.1) is 0 Å². The van der Waals surface area contributed by atoms with Crippen LogP contribution in [-0.4, -0.2) is 23.3 Å². The molecular weight excluding hydrogens is 442 g/mol. The first-order valence-corrected chi connectivity index (χ1v) is 9.77. The van der Waals surface area contributed by atoms with Gasteiger partial charge in [0.25, 0.3) is 5.91 Å². The van der Waals surface area contributed by atoms with E-state index in [9.17, 15) is 27.2 Å². The van der Waals surface area contributed by atoms with E-state index < -0.39 is 29.0 Å². The van der Waals surface area contributed by atoms with Crippen LogP contribution >= 0.6 is 0 Å². The van der Waals surface area contributed by atoms with Crippen molar-refractivity contribution in [1.82, 2.24) is 10.3 Å². The van der Waals surface area contributed by atoms with Crippen molar-refractivity contribution >= 4 is 17.6 Å². The molecule has 6 nitrogen and oxygen atoms in total. The Morgan fingerprint density at radius 1 is 1.03 bits per heavy atom. The molecule has 0 aliphatic carbocycles. The first-order valence-electron chi connectivity index (χ1n) is 9.77. The minimum absolute atomic E-state index is 0.0694. The summed E-state index contributed by atoms with van der Waals surface area (Å²) in [5.41, 5.74) is -1.00. The molecule has 0 radical (unpaired) electrons. The van der Waals surface area contributed by atoms with Crippen molar-refractivity contribution in [3.05, 3.63) is 83.3 Å². The van der Waals surface area contributed by atoms with Gasteiger partial charge < -0.3 is 15.4 Å². The Kier molecular flexibility index (Phi) is 7.27. The van der Waals surface area contributed by atoms with Gasteiger partial charge in [-0.25, -0.2) is 9.37 Å². The van der Waals surface area contributed by atoms with Gasteiger partial charge in [-0.3, -0.25) is 9.59 Å². The van der Waals surface area contributed by atoms with Crippen molar-refractivity contribution in [1.29, 1.82) is 0 Å². The predicted molar refractivity (Wildman–Crippen MR) is 112 cm³/mol. The number of aromatic nitrogens is 1. The molecule has 0 bridgehead atoms. The fourth-order valence-electron chi connectivity index (χ4n) is 2.92.